The third kappa shape index (κ3) is 2.14. The molecule has 1 atom stereocenters. The highest BCUT2D eigenvalue weighted by Gasteiger charge is 2.27. The van der Waals surface area contributed by atoms with Gasteiger partial charge in [-0.05, 0) is 19.1 Å². The molecular weight excluding hydrogens is 174 g/mol. The van der Waals surface area contributed by atoms with Crippen LogP contribution in [0.15, 0.2) is 0 Å². The smallest absolute Gasteiger partial charge is 0.232 e. The van der Waals surface area contributed by atoms with Gasteiger partial charge in [0.05, 0.1) is 18.4 Å². The van der Waals surface area contributed by atoms with E-state index in [4.69, 9.17) is 5.11 Å². The van der Waals surface area contributed by atoms with E-state index < -0.39 is 0 Å². The van der Waals surface area contributed by atoms with Crippen LogP contribution in [0.25, 0.3) is 0 Å². The molecule has 0 aromatic heterocycles. The average Bonchev–Trinajstić information content (AvgIpc) is 2.51. The standard InChI is InChI=1S/C8H15NO2S/c1-12-6-8(11)9-4-2-3-7(9)5-10/h7,10H,2-6H2,1H3/t7-/m0/s1. The summed E-state index contributed by atoms with van der Waals surface area (Å²) in [5.41, 5.74) is 0. The van der Waals surface area contributed by atoms with Crippen LogP contribution in [0, 0.1) is 0 Å². The summed E-state index contributed by atoms with van der Waals surface area (Å²) in [4.78, 5) is 13.2. The molecule has 0 unspecified atom stereocenters. The summed E-state index contributed by atoms with van der Waals surface area (Å²) in [7, 11) is 0. The molecule has 1 fully saturated rings. The maximum atomic E-state index is 11.4. The number of hydrogen-bond donors (Lipinski definition) is 1. The van der Waals surface area contributed by atoms with Gasteiger partial charge in [-0.1, -0.05) is 0 Å². The molecule has 1 saturated heterocycles. The number of carbonyl (C=O) groups is 1. The minimum atomic E-state index is 0.0876. The van der Waals surface area contributed by atoms with Crippen molar-refractivity contribution >= 4 is 17.7 Å². The molecule has 0 bridgehead atoms. The van der Waals surface area contributed by atoms with Crippen molar-refractivity contribution in [3.8, 4) is 0 Å². The molecule has 0 aliphatic carbocycles. The Labute approximate surface area is 77.1 Å². The third-order valence-electron chi connectivity index (χ3n) is 2.18. The van der Waals surface area contributed by atoms with Crippen LogP contribution in [-0.2, 0) is 4.79 Å². The lowest BCUT2D eigenvalue weighted by molar-refractivity contribution is -0.129. The molecule has 1 aliphatic rings. The van der Waals surface area contributed by atoms with Gasteiger partial charge in [0.2, 0.25) is 5.91 Å². The topological polar surface area (TPSA) is 40.5 Å². The van der Waals surface area contributed by atoms with E-state index in [1.54, 1.807) is 4.90 Å². The Hall–Kier alpha value is -0.220. The summed E-state index contributed by atoms with van der Waals surface area (Å²) in [5, 5.41) is 8.95. The average molecular weight is 189 g/mol. The summed E-state index contributed by atoms with van der Waals surface area (Å²) >= 11 is 1.54. The molecule has 0 radical (unpaired) electrons. The number of rotatable bonds is 3. The molecule has 1 heterocycles. The molecule has 0 saturated carbocycles. The van der Waals surface area contributed by atoms with E-state index in [9.17, 15) is 4.79 Å². The minimum absolute atomic E-state index is 0.0876. The molecule has 1 amide bonds. The van der Waals surface area contributed by atoms with Crippen LogP contribution in [0.2, 0.25) is 0 Å². The summed E-state index contributed by atoms with van der Waals surface area (Å²) < 4.78 is 0. The molecule has 4 heteroatoms. The van der Waals surface area contributed by atoms with Crippen LogP contribution < -0.4 is 0 Å². The van der Waals surface area contributed by atoms with Gasteiger partial charge in [-0.25, -0.2) is 0 Å². The molecule has 70 valence electrons. The fraction of sp³-hybridized carbons (Fsp3) is 0.875. The minimum Gasteiger partial charge on any atom is -0.394 e. The Kier molecular flexibility index (Phi) is 3.88. The van der Waals surface area contributed by atoms with E-state index in [1.807, 2.05) is 6.26 Å². The first kappa shape index (κ1) is 9.86. The van der Waals surface area contributed by atoms with Crippen molar-refractivity contribution in [1.82, 2.24) is 4.90 Å². The third-order valence-corrected chi connectivity index (χ3v) is 2.71. The van der Waals surface area contributed by atoms with Crippen LogP contribution in [0.5, 0.6) is 0 Å². The number of hydrogen-bond acceptors (Lipinski definition) is 3. The van der Waals surface area contributed by atoms with Crippen molar-refractivity contribution in [3.05, 3.63) is 0 Å². The molecule has 1 aliphatic heterocycles. The second kappa shape index (κ2) is 4.72. The number of aliphatic hydroxyl groups is 1. The van der Waals surface area contributed by atoms with Gasteiger partial charge in [0, 0.05) is 6.54 Å². The maximum Gasteiger partial charge on any atom is 0.232 e. The molecule has 12 heavy (non-hydrogen) atoms. The van der Waals surface area contributed by atoms with Crippen LogP contribution in [0.3, 0.4) is 0 Å². The normalized spacial score (nSPS) is 23.2. The lowest BCUT2D eigenvalue weighted by Crippen LogP contribution is -2.38. The zero-order chi connectivity index (χ0) is 8.97. The molecule has 0 aromatic rings. The zero-order valence-electron chi connectivity index (χ0n) is 7.32. The predicted octanol–water partition coefficient (Wildman–Crippen LogP) is 0.333. The lowest BCUT2D eigenvalue weighted by atomic mass is 10.2. The second-order valence-corrected chi connectivity index (χ2v) is 3.86. The van der Waals surface area contributed by atoms with E-state index in [-0.39, 0.29) is 18.6 Å². The molecule has 0 spiro atoms. The Morgan fingerprint density at radius 3 is 3.08 bits per heavy atom. The van der Waals surface area contributed by atoms with Gasteiger partial charge in [-0.2, -0.15) is 11.8 Å². The first-order valence-corrected chi connectivity index (χ1v) is 5.58. The fourth-order valence-corrected chi connectivity index (χ4v) is 1.97. The summed E-state index contributed by atoms with van der Waals surface area (Å²) in [5.74, 6) is 0.704. The molecule has 3 nitrogen and oxygen atoms in total. The lowest BCUT2D eigenvalue weighted by Gasteiger charge is -2.22. The van der Waals surface area contributed by atoms with E-state index in [1.165, 1.54) is 11.8 Å². The van der Waals surface area contributed by atoms with E-state index in [0.717, 1.165) is 19.4 Å². The van der Waals surface area contributed by atoms with Crippen LogP contribution in [0.1, 0.15) is 12.8 Å². The van der Waals surface area contributed by atoms with Gasteiger partial charge in [0.15, 0.2) is 0 Å². The van der Waals surface area contributed by atoms with Crippen molar-refractivity contribution in [1.29, 1.82) is 0 Å². The Balaban J connectivity index is 2.43. The quantitative estimate of drug-likeness (QED) is 0.695. The van der Waals surface area contributed by atoms with E-state index >= 15 is 0 Å². The highest BCUT2D eigenvalue weighted by atomic mass is 32.2. The van der Waals surface area contributed by atoms with Crippen LogP contribution >= 0.6 is 11.8 Å². The zero-order valence-corrected chi connectivity index (χ0v) is 8.14. The van der Waals surface area contributed by atoms with Gasteiger partial charge in [0.25, 0.3) is 0 Å². The first-order chi connectivity index (χ1) is 5.79. The molecular formula is C8H15NO2S. The first-order valence-electron chi connectivity index (χ1n) is 4.19. The number of thioether (sulfide) groups is 1. The second-order valence-electron chi connectivity index (χ2n) is 3.00. The van der Waals surface area contributed by atoms with Crippen molar-refractivity contribution in [2.24, 2.45) is 0 Å². The SMILES string of the molecule is CSCC(=O)N1CCC[C@H]1CO. The summed E-state index contributed by atoms with van der Waals surface area (Å²) in [6.45, 7) is 0.935. The molecule has 0 aromatic carbocycles. The monoisotopic (exact) mass is 189 g/mol. The number of aliphatic hydroxyl groups excluding tert-OH is 1. The van der Waals surface area contributed by atoms with Crippen LogP contribution in [0.4, 0.5) is 0 Å². The highest BCUT2D eigenvalue weighted by Crippen LogP contribution is 2.17. The van der Waals surface area contributed by atoms with Crippen molar-refractivity contribution in [2.75, 3.05) is 25.2 Å². The highest BCUT2D eigenvalue weighted by molar-refractivity contribution is 7.99. The van der Waals surface area contributed by atoms with E-state index in [2.05, 4.69) is 0 Å². The predicted molar refractivity (Wildman–Crippen MR) is 50.2 cm³/mol. The van der Waals surface area contributed by atoms with Gasteiger partial charge < -0.3 is 10.0 Å². The van der Waals surface area contributed by atoms with E-state index in [0.29, 0.717) is 5.75 Å². The molecule has 1 N–H and O–H groups in total. The van der Waals surface area contributed by atoms with Gasteiger partial charge >= 0.3 is 0 Å². The Morgan fingerprint density at radius 1 is 1.75 bits per heavy atom. The van der Waals surface area contributed by atoms with Crippen LogP contribution in [-0.4, -0.2) is 47.1 Å². The van der Waals surface area contributed by atoms with Gasteiger partial charge in [0.1, 0.15) is 0 Å². The summed E-state index contributed by atoms with van der Waals surface area (Å²) in [6, 6.07) is 0.0876. The Bertz CT molecular complexity index is 163. The number of carbonyl (C=O) groups excluding carboxylic acids is 1. The fourth-order valence-electron chi connectivity index (χ4n) is 1.56. The number of amides is 1. The van der Waals surface area contributed by atoms with Gasteiger partial charge in [-0.15, -0.1) is 0 Å². The number of nitrogens with zero attached hydrogens (tertiary/aromatic N) is 1. The van der Waals surface area contributed by atoms with Crippen molar-refractivity contribution in [3.63, 3.8) is 0 Å². The largest absolute Gasteiger partial charge is 0.394 e. The van der Waals surface area contributed by atoms with Crippen molar-refractivity contribution < 1.29 is 9.90 Å². The Morgan fingerprint density at radius 2 is 2.50 bits per heavy atom. The number of likely N-dealkylation sites (tertiary alicyclic amines) is 1. The maximum absolute atomic E-state index is 11.4. The van der Waals surface area contributed by atoms with Crippen molar-refractivity contribution in [2.45, 2.75) is 18.9 Å². The summed E-state index contributed by atoms with van der Waals surface area (Å²) in [6.07, 6.45) is 3.91. The molecule has 1 rings (SSSR count). The van der Waals surface area contributed by atoms with Gasteiger partial charge in [-0.3, -0.25) is 4.79 Å².